The van der Waals surface area contributed by atoms with Crippen molar-refractivity contribution in [2.45, 2.75) is 4.90 Å². The van der Waals surface area contributed by atoms with Crippen LogP contribution >= 0.6 is 11.6 Å². The van der Waals surface area contributed by atoms with Gasteiger partial charge in [-0.15, -0.1) is 0 Å². The lowest BCUT2D eigenvalue weighted by atomic mass is 10.3. The van der Waals surface area contributed by atoms with Gasteiger partial charge in [0.2, 0.25) is 5.91 Å². The Morgan fingerprint density at radius 3 is 2.29 bits per heavy atom. The highest BCUT2D eigenvalue weighted by Crippen LogP contribution is 2.25. The summed E-state index contributed by atoms with van der Waals surface area (Å²) in [5.74, 6) is -1.12. The molecule has 0 spiro atoms. The second-order valence-corrected chi connectivity index (χ2v) is 8.16. The molecular formula is C20H16ClFN2O3S. The summed E-state index contributed by atoms with van der Waals surface area (Å²) in [7, 11) is -4.01. The Hall–Kier alpha value is -2.90. The van der Waals surface area contributed by atoms with Crippen molar-refractivity contribution in [1.82, 2.24) is 0 Å². The van der Waals surface area contributed by atoms with Crippen LogP contribution in [0.25, 0.3) is 0 Å². The summed E-state index contributed by atoms with van der Waals surface area (Å²) in [6.45, 7) is -0.491. The van der Waals surface area contributed by atoms with E-state index >= 15 is 0 Å². The fourth-order valence-corrected chi connectivity index (χ4v) is 4.11. The predicted molar refractivity (Wildman–Crippen MR) is 107 cm³/mol. The van der Waals surface area contributed by atoms with E-state index in [1.165, 1.54) is 54.6 Å². The van der Waals surface area contributed by atoms with Gasteiger partial charge in [0.1, 0.15) is 12.4 Å². The van der Waals surface area contributed by atoms with Crippen molar-refractivity contribution in [3.8, 4) is 0 Å². The highest BCUT2D eigenvalue weighted by molar-refractivity contribution is 7.92. The number of amides is 1. The van der Waals surface area contributed by atoms with Gasteiger partial charge in [-0.2, -0.15) is 0 Å². The molecule has 1 N–H and O–H groups in total. The Morgan fingerprint density at radius 1 is 0.964 bits per heavy atom. The molecule has 0 bridgehead atoms. The van der Waals surface area contributed by atoms with Gasteiger partial charge < -0.3 is 5.32 Å². The normalized spacial score (nSPS) is 11.1. The first-order valence-electron chi connectivity index (χ1n) is 8.25. The Morgan fingerprint density at radius 2 is 1.64 bits per heavy atom. The van der Waals surface area contributed by atoms with E-state index in [4.69, 9.17) is 11.6 Å². The average Bonchev–Trinajstić information content (AvgIpc) is 2.67. The SMILES string of the molecule is O=C(CN(c1ccc(Cl)cc1)S(=O)(=O)c1ccccc1)Nc1cccc(F)c1. The summed E-state index contributed by atoms with van der Waals surface area (Å²) in [6, 6.07) is 19.2. The van der Waals surface area contributed by atoms with E-state index in [9.17, 15) is 17.6 Å². The van der Waals surface area contributed by atoms with Gasteiger partial charge in [-0.1, -0.05) is 35.9 Å². The van der Waals surface area contributed by atoms with Crippen LogP contribution in [-0.4, -0.2) is 20.9 Å². The third-order valence-corrected chi connectivity index (χ3v) is 5.88. The van der Waals surface area contributed by atoms with Crippen LogP contribution < -0.4 is 9.62 Å². The zero-order valence-corrected chi connectivity index (χ0v) is 16.1. The molecule has 144 valence electrons. The van der Waals surface area contributed by atoms with Crippen molar-refractivity contribution in [2.75, 3.05) is 16.2 Å². The molecule has 0 heterocycles. The minimum atomic E-state index is -4.01. The first-order valence-corrected chi connectivity index (χ1v) is 10.1. The fraction of sp³-hybridized carbons (Fsp3) is 0.0500. The van der Waals surface area contributed by atoms with Crippen LogP contribution in [0, 0.1) is 5.82 Å². The van der Waals surface area contributed by atoms with E-state index < -0.39 is 28.3 Å². The number of benzene rings is 3. The molecule has 28 heavy (non-hydrogen) atoms. The van der Waals surface area contributed by atoms with Crippen molar-refractivity contribution in [3.63, 3.8) is 0 Å². The number of carbonyl (C=O) groups excluding carboxylic acids is 1. The second kappa shape index (κ2) is 8.41. The number of nitrogens with one attached hydrogen (secondary N) is 1. The lowest BCUT2D eigenvalue weighted by Gasteiger charge is -2.24. The molecule has 0 fully saturated rings. The number of sulfonamides is 1. The van der Waals surface area contributed by atoms with Crippen LogP contribution in [0.2, 0.25) is 5.02 Å². The summed E-state index contributed by atoms with van der Waals surface area (Å²) in [6.07, 6.45) is 0. The van der Waals surface area contributed by atoms with Gasteiger partial charge in [0, 0.05) is 10.7 Å². The molecule has 3 rings (SSSR count). The van der Waals surface area contributed by atoms with Gasteiger partial charge in [-0.25, -0.2) is 12.8 Å². The largest absolute Gasteiger partial charge is 0.324 e. The van der Waals surface area contributed by atoms with Gasteiger partial charge >= 0.3 is 0 Å². The molecule has 0 aromatic heterocycles. The van der Waals surface area contributed by atoms with Crippen LogP contribution in [0.4, 0.5) is 15.8 Å². The fourth-order valence-electron chi connectivity index (χ4n) is 2.54. The van der Waals surface area contributed by atoms with E-state index in [0.717, 1.165) is 10.4 Å². The molecule has 0 radical (unpaired) electrons. The lowest BCUT2D eigenvalue weighted by Crippen LogP contribution is -2.38. The average molecular weight is 419 g/mol. The maximum absolute atomic E-state index is 13.3. The van der Waals surface area contributed by atoms with E-state index in [0.29, 0.717) is 5.02 Å². The Kier molecular flexibility index (Phi) is 5.96. The molecule has 8 heteroatoms. The quantitative estimate of drug-likeness (QED) is 0.648. The maximum atomic E-state index is 13.3. The highest BCUT2D eigenvalue weighted by atomic mass is 35.5. The van der Waals surface area contributed by atoms with Gasteiger partial charge in [-0.3, -0.25) is 9.10 Å². The molecule has 3 aromatic rings. The lowest BCUT2D eigenvalue weighted by molar-refractivity contribution is -0.114. The molecule has 0 atom stereocenters. The molecular weight excluding hydrogens is 403 g/mol. The number of carbonyl (C=O) groups is 1. The van der Waals surface area contributed by atoms with Gasteiger partial charge in [-0.05, 0) is 54.6 Å². The Balaban J connectivity index is 1.92. The monoisotopic (exact) mass is 418 g/mol. The van der Waals surface area contributed by atoms with Crippen molar-refractivity contribution in [3.05, 3.63) is 89.7 Å². The summed E-state index contributed by atoms with van der Waals surface area (Å²) in [5, 5.41) is 2.94. The van der Waals surface area contributed by atoms with Crippen LogP contribution in [0.3, 0.4) is 0 Å². The molecule has 0 saturated heterocycles. The molecule has 0 aliphatic rings. The number of hydrogen-bond donors (Lipinski definition) is 1. The second-order valence-electron chi connectivity index (χ2n) is 5.86. The Bertz CT molecular complexity index is 1070. The first-order chi connectivity index (χ1) is 13.4. The molecule has 0 unspecified atom stereocenters. The van der Waals surface area contributed by atoms with Crippen LogP contribution in [-0.2, 0) is 14.8 Å². The summed E-state index contributed by atoms with van der Waals surface area (Å²) >= 11 is 5.89. The zero-order chi connectivity index (χ0) is 20.1. The van der Waals surface area contributed by atoms with Crippen molar-refractivity contribution in [2.24, 2.45) is 0 Å². The summed E-state index contributed by atoms with van der Waals surface area (Å²) in [4.78, 5) is 12.5. The number of halogens is 2. The van der Waals surface area contributed by atoms with Crippen molar-refractivity contribution in [1.29, 1.82) is 0 Å². The molecule has 0 aliphatic carbocycles. The van der Waals surface area contributed by atoms with Gasteiger partial charge in [0.05, 0.1) is 10.6 Å². The third-order valence-electron chi connectivity index (χ3n) is 3.84. The standard InChI is InChI=1S/C20H16ClFN2O3S/c21-15-9-11-18(12-10-15)24(28(26,27)19-7-2-1-3-8-19)14-20(25)23-17-6-4-5-16(22)13-17/h1-13H,14H2,(H,23,25). The number of rotatable bonds is 6. The minimum Gasteiger partial charge on any atom is -0.324 e. The molecule has 3 aromatic carbocycles. The van der Waals surface area contributed by atoms with Crippen molar-refractivity contribution >= 4 is 38.9 Å². The molecule has 0 aliphatic heterocycles. The van der Waals surface area contributed by atoms with Crippen LogP contribution in [0.15, 0.2) is 83.8 Å². The first kappa shape index (κ1) is 19.9. The van der Waals surface area contributed by atoms with Crippen LogP contribution in [0.1, 0.15) is 0 Å². The minimum absolute atomic E-state index is 0.0449. The predicted octanol–water partition coefficient (Wildman–Crippen LogP) is 4.31. The zero-order valence-electron chi connectivity index (χ0n) is 14.5. The van der Waals surface area contributed by atoms with E-state index in [-0.39, 0.29) is 16.3 Å². The third kappa shape index (κ3) is 4.68. The number of nitrogens with zero attached hydrogens (tertiary/aromatic N) is 1. The number of hydrogen-bond acceptors (Lipinski definition) is 3. The van der Waals surface area contributed by atoms with Gasteiger partial charge in [0.15, 0.2) is 0 Å². The Labute approximate surface area is 167 Å². The van der Waals surface area contributed by atoms with Crippen molar-refractivity contribution < 1.29 is 17.6 Å². The summed E-state index contributed by atoms with van der Waals surface area (Å²) in [5.41, 5.74) is 0.515. The van der Waals surface area contributed by atoms with Gasteiger partial charge in [0.25, 0.3) is 10.0 Å². The van der Waals surface area contributed by atoms with E-state index in [1.807, 2.05) is 0 Å². The topological polar surface area (TPSA) is 66.5 Å². The molecule has 1 amide bonds. The smallest absolute Gasteiger partial charge is 0.264 e. The molecule has 0 saturated carbocycles. The molecule has 5 nitrogen and oxygen atoms in total. The maximum Gasteiger partial charge on any atom is 0.264 e. The van der Waals surface area contributed by atoms with E-state index in [1.54, 1.807) is 18.2 Å². The summed E-state index contributed by atoms with van der Waals surface area (Å²) < 4.78 is 40.5. The van der Waals surface area contributed by atoms with Crippen LogP contribution in [0.5, 0.6) is 0 Å². The highest BCUT2D eigenvalue weighted by Gasteiger charge is 2.27. The van der Waals surface area contributed by atoms with E-state index in [2.05, 4.69) is 5.32 Å². The number of anilines is 2.